The molecule has 3 aromatic carbocycles. The maximum atomic E-state index is 13.5. The topological polar surface area (TPSA) is 173 Å². The van der Waals surface area contributed by atoms with Crippen LogP contribution in [0.4, 0.5) is 20.1 Å². The number of carbonyl (C=O) groups is 5. The zero-order valence-corrected chi connectivity index (χ0v) is 26.6. The van der Waals surface area contributed by atoms with Crippen LogP contribution in [0.1, 0.15) is 61.5 Å². The lowest BCUT2D eigenvalue weighted by Crippen LogP contribution is -2.56. The number of hydrogen-bond donors (Lipinski definition) is 4. The Balaban J connectivity index is 1.65. The maximum Gasteiger partial charge on any atom is 0.427 e. The van der Waals surface area contributed by atoms with Gasteiger partial charge < -0.3 is 30.0 Å². The van der Waals surface area contributed by atoms with Crippen molar-refractivity contribution in [3.8, 4) is 0 Å². The second kappa shape index (κ2) is 17.8. The van der Waals surface area contributed by atoms with Crippen molar-refractivity contribution in [3.63, 3.8) is 0 Å². The molecule has 0 saturated heterocycles. The van der Waals surface area contributed by atoms with E-state index in [0.29, 0.717) is 17.9 Å². The number of para-hydroxylation sites is 1. The number of nitrogens with one attached hydrogen (secondary N) is 3. The summed E-state index contributed by atoms with van der Waals surface area (Å²) in [5, 5.41) is 15.6. The summed E-state index contributed by atoms with van der Waals surface area (Å²) in [4.78, 5) is 63.5. The molecule has 4 N–H and O–H groups in total. The molecule has 3 rings (SSSR count). The summed E-state index contributed by atoms with van der Waals surface area (Å²) in [6.45, 7) is 5.18. The van der Waals surface area contributed by atoms with E-state index in [2.05, 4.69) is 16.1 Å². The van der Waals surface area contributed by atoms with Gasteiger partial charge in [0.25, 0.3) is 0 Å². The molecule has 47 heavy (non-hydrogen) atoms. The monoisotopic (exact) mass is 648 g/mol. The van der Waals surface area contributed by atoms with E-state index in [1.165, 1.54) is 18.2 Å². The Labute approximate surface area is 273 Å². The fourth-order valence-electron chi connectivity index (χ4n) is 4.16. The molecule has 3 aromatic rings. The summed E-state index contributed by atoms with van der Waals surface area (Å²) < 4.78 is 15.9. The number of alkyl carbamates (subject to hydrolysis) is 1. The van der Waals surface area contributed by atoms with Gasteiger partial charge in [-0.1, -0.05) is 72.8 Å². The second-order valence-corrected chi connectivity index (χ2v) is 11.4. The first-order valence-corrected chi connectivity index (χ1v) is 15.0. The molecule has 0 aliphatic carbocycles. The number of unbranched alkanes of at least 4 members (excludes halogenated alkanes) is 1. The molecule has 13 heteroatoms. The summed E-state index contributed by atoms with van der Waals surface area (Å²) in [6, 6.07) is 21.6. The largest absolute Gasteiger partial charge is 0.480 e. The number of carboxylic acids is 1. The highest BCUT2D eigenvalue weighted by Crippen LogP contribution is 2.22. The Hall–Kier alpha value is -5.59. The molecule has 0 fully saturated rings. The lowest BCUT2D eigenvalue weighted by molar-refractivity contribution is -0.139. The summed E-state index contributed by atoms with van der Waals surface area (Å²) in [6.07, 6.45) is -0.907. The Morgan fingerprint density at radius 2 is 1.34 bits per heavy atom. The van der Waals surface area contributed by atoms with Crippen molar-refractivity contribution in [1.82, 2.24) is 16.1 Å². The van der Waals surface area contributed by atoms with Crippen LogP contribution in [-0.2, 0) is 32.2 Å². The molecule has 0 aliphatic rings. The molecule has 4 amide bonds. The van der Waals surface area contributed by atoms with Gasteiger partial charge in [-0.2, -0.15) is 5.01 Å². The molecular weight excluding hydrogens is 608 g/mol. The maximum absolute atomic E-state index is 13.5. The molecule has 0 saturated carbocycles. The lowest BCUT2D eigenvalue weighted by atomic mass is 10.1. The van der Waals surface area contributed by atoms with Crippen LogP contribution in [-0.4, -0.2) is 53.5 Å². The van der Waals surface area contributed by atoms with Crippen LogP contribution in [0.15, 0.2) is 84.9 Å². The van der Waals surface area contributed by atoms with Gasteiger partial charge in [0.2, 0.25) is 0 Å². The van der Waals surface area contributed by atoms with Crippen molar-refractivity contribution in [2.45, 2.75) is 64.9 Å². The van der Waals surface area contributed by atoms with Crippen molar-refractivity contribution in [2.75, 3.05) is 11.6 Å². The smallest absolute Gasteiger partial charge is 0.427 e. The van der Waals surface area contributed by atoms with Crippen molar-refractivity contribution < 1.29 is 43.3 Å². The number of esters is 1. The van der Waals surface area contributed by atoms with E-state index in [-0.39, 0.29) is 37.4 Å². The minimum Gasteiger partial charge on any atom is -0.480 e. The Morgan fingerprint density at radius 3 is 1.94 bits per heavy atom. The fraction of sp³-hybridized carbons (Fsp3) is 0.324. The molecule has 0 bridgehead atoms. The number of ether oxygens (including phenoxy) is 3. The van der Waals surface area contributed by atoms with Gasteiger partial charge in [0.15, 0.2) is 0 Å². The van der Waals surface area contributed by atoms with Crippen LogP contribution in [0.3, 0.4) is 0 Å². The third-order valence-corrected chi connectivity index (χ3v) is 6.38. The van der Waals surface area contributed by atoms with Gasteiger partial charge in [-0.25, -0.2) is 29.4 Å². The number of hydrazine groups is 1. The summed E-state index contributed by atoms with van der Waals surface area (Å²) in [5.74, 6) is -2.10. The molecule has 0 unspecified atom stereocenters. The van der Waals surface area contributed by atoms with Gasteiger partial charge in [0.05, 0.1) is 11.3 Å². The normalized spacial score (nSPS) is 11.4. The average Bonchev–Trinajstić information content (AvgIpc) is 3.04. The molecule has 250 valence electrons. The minimum absolute atomic E-state index is 0.00284. The van der Waals surface area contributed by atoms with Gasteiger partial charge >= 0.3 is 30.2 Å². The molecule has 0 heterocycles. The summed E-state index contributed by atoms with van der Waals surface area (Å²) >= 11 is 0. The number of carboxylic acid groups (broad SMARTS) is 1. The van der Waals surface area contributed by atoms with E-state index in [9.17, 15) is 29.1 Å². The van der Waals surface area contributed by atoms with Gasteiger partial charge in [-0.15, -0.1) is 0 Å². The number of aliphatic carboxylic acids is 1. The molecule has 0 aromatic heterocycles. The minimum atomic E-state index is -1.37. The van der Waals surface area contributed by atoms with Crippen molar-refractivity contribution >= 4 is 35.8 Å². The number of urea groups is 1. The Morgan fingerprint density at radius 1 is 0.766 bits per heavy atom. The van der Waals surface area contributed by atoms with Crippen LogP contribution in [0.5, 0.6) is 0 Å². The predicted octanol–water partition coefficient (Wildman–Crippen LogP) is 5.55. The van der Waals surface area contributed by atoms with E-state index in [4.69, 9.17) is 14.2 Å². The first-order valence-electron chi connectivity index (χ1n) is 15.0. The quantitative estimate of drug-likeness (QED) is 0.0802. The van der Waals surface area contributed by atoms with Gasteiger partial charge in [-0.05, 0) is 63.3 Å². The van der Waals surface area contributed by atoms with Crippen LogP contribution >= 0.6 is 0 Å². The Kier molecular flexibility index (Phi) is 13.6. The Bertz CT molecular complexity index is 1490. The third-order valence-electron chi connectivity index (χ3n) is 6.38. The molecule has 0 aliphatic heterocycles. The third kappa shape index (κ3) is 12.7. The summed E-state index contributed by atoms with van der Waals surface area (Å²) in [7, 11) is 0. The zero-order chi connectivity index (χ0) is 34.2. The number of benzene rings is 3. The van der Waals surface area contributed by atoms with E-state index < -0.39 is 41.8 Å². The standard InChI is InChI=1S/C34H40N4O9/c1-34(2,3)47-33(44)37-38(28-20-11-10-18-26(28)30(41)45-22-24-14-6-4-7-15-24)31(42)36-27(29(39)40)19-12-13-21-35-32(43)46-23-25-16-8-5-9-17-25/h4-11,14-18,20,27H,12-13,19,21-23H2,1-3H3,(H,35,43)(H,36,42)(H,37,44)(H,39,40)/t27-/m0/s1. The van der Waals surface area contributed by atoms with Gasteiger partial charge in [0.1, 0.15) is 24.9 Å². The number of nitrogens with zero attached hydrogens (tertiary/aromatic N) is 1. The molecule has 13 nitrogen and oxygen atoms in total. The number of anilines is 1. The first kappa shape index (κ1) is 35.9. The van der Waals surface area contributed by atoms with E-state index >= 15 is 0 Å². The van der Waals surface area contributed by atoms with Gasteiger partial charge in [-0.3, -0.25) is 0 Å². The predicted molar refractivity (Wildman–Crippen MR) is 172 cm³/mol. The highest BCUT2D eigenvalue weighted by Gasteiger charge is 2.30. The lowest BCUT2D eigenvalue weighted by Gasteiger charge is -2.28. The first-order chi connectivity index (χ1) is 22.4. The van der Waals surface area contributed by atoms with Crippen molar-refractivity contribution in [2.24, 2.45) is 0 Å². The van der Waals surface area contributed by atoms with E-state index in [1.807, 2.05) is 36.4 Å². The van der Waals surface area contributed by atoms with Crippen LogP contribution in [0, 0.1) is 0 Å². The van der Waals surface area contributed by atoms with E-state index in [0.717, 1.165) is 11.1 Å². The highest BCUT2D eigenvalue weighted by atomic mass is 16.6. The number of hydrogen-bond acceptors (Lipinski definition) is 8. The molecule has 1 atom stereocenters. The van der Waals surface area contributed by atoms with Crippen LogP contribution in [0.25, 0.3) is 0 Å². The molecular formula is C34H40N4O9. The molecule has 0 spiro atoms. The number of amides is 4. The van der Waals surface area contributed by atoms with Crippen LogP contribution < -0.4 is 21.1 Å². The number of rotatable bonds is 13. The van der Waals surface area contributed by atoms with Crippen molar-refractivity contribution in [1.29, 1.82) is 0 Å². The van der Waals surface area contributed by atoms with Crippen LogP contribution in [0.2, 0.25) is 0 Å². The fourth-order valence-corrected chi connectivity index (χ4v) is 4.16. The van der Waals surface area contributed by atoms with E-state index in [1.54, 1.807) is 51.1 Å². The number of carbonyl (C=O) groups excluding carboxylic acids is 4. The second-order valence-electron chi connectivity index (χ2n) is 11.4. The van der Waals surface area contributed by atoms with Crippen molar-refractivity contribution in [3.05, 3.63) is 102 Å². The average molecular weight is 649 g/mol. The highest BCUT2D eigenvalue weighted by molar-refractivity contribution is 6.03. The van der Waals surface area contributed by atoms with Gasteiger partial charge in [0, 0.05) is 6.54 Å². The molecule has 0 radical (unpaired) electrons. The zero-order valence-electron chi connectivity index (χ0n) is 26.6. The summed E-state index contributed by atoms with van der Waals surface area (Å²) in [5.41, 5.74) is 2.83. The SMILES string of the molecule is CC(C)(C)OC(=O)NN(C(=O)N[C@@H](CCCCNC(=O)OCc1ccccc1)C(=O)O)c1ccccc1C(=O)OCc1ccccc1.